The van der Waals surface area contributed by atoms with Crippen LogP contribution in [0, 0.1) is 0 Å². The Morgan fingerprint density at radius 3 is 2.65 bits per heavy atom. The van der Waals surface area contributed by atoms with E-state index in [-0.39, 0.29) is 5.56 Å². The van der Waals surface area contributed by atoms with Crippen molar-refractivity contribution in [3.05, 3.63) is 105 Å². The summed E-state index contributed by atoms with van der Waals surface area (Å²) in [6.45, 7) is 2.36. The van der Waals surface area contributed by atoms with E-state index in [9.17, 15) is 4.79 Å². The Morgan fingerprint density at radius 1 is 1.12 bits per heavy atom. The van der Waals surface area contributed by atoms with Gasteiger partial charge in [0.2, 0.25) is 5.13 Å². The Balaban J connectivity index is 1.52. The summed E-state index contributed by atoms with van der Waals surface area (Å²) in [5, 5.41) is 4.60. The standard InChI is InChI=1S/C25H20ClN5OS2/c1-16(28-14-17-10-12-27-13-11-17)23-21(15-33-19-8-6-18(26)7-9-19)30-31(24(23)32)25-29-20-4-2-3-5-22(20)34-25/h2-13,30H,14-15H2,1H3. The van der Waals surface area contributed by atoms with Crippen LogP contribution in [0.25, 0.3) is 15.3 Å². The van der Waals surface area contributed by atoms with Gasteiger partial charge in [-0.05, 0) is 61.0 Å². The fraction of sp³-hybridized carbons (Fsp3) is 0.120. The third-order valence-corrected chi connectivity index (χ3v) is 7.56. The van der Waals surface area contributed by atoms with Crippen LogP contribution in [-0.4, -0.2) is 25.5 Å². The molecule has 0 aliphatic rings. The molecule has 0 spiro atoms. The molecule has 1 N–H and O–H groups in total. The zero-order valence-electron chi connectivity index (χ0n) is 18.2. The van der Waals surface area contributed by atoms with Crippen LogP contribution in [0.2, 0.25) is 5.02 Å². The molecule has 0 saturated carbocycles. The summed E-state index contributed by atoms with van der Waals surface area (Å²) >= 11 is 9.13. The molecule has 0 unspecified atom stereocenters. The third kappa shape index (κ3) is 4.84. The lowest BCUT2D eigenvalue weighted by Gasteiger charge is -2.04. The van der Waals surface area contributed by atoms with Crippen molar-refractivity contribution in [3.8, 4) is 5.13 Å². The third-order valence-electron chi connectivity index (χ3n) is 5.25. The van der Waals surface area contributed by atoms with Gasteiger partial charge in [0.25, 0.3) is 5.56 Å². The highest BCUT2D eigenvalue weighted by molar-refractivity contribution is 7.98. The van der Waals surface area contributed by atoms with E-state index < -0.39 is 0 Å². The van der Waals surface area contributed by atoms with E-state index in [1.165, 1.54) is 16.0 Å². The Hall–Kier alpha value is -3.20. The van der Waals surface area contributed by atoms with Crippen molar-refractivity contribution in [2.75, 3.05) is 0 Å². The van der Waals surface area contributed by atoms with Crippen molar-refractivity contribution < 1.29 is 0 Å². The molecule has 5 rings (SSSR count). The average molecular weight is 506 g/mol. The topological polar surface area (TPSA) is 75.9 Å². The summed E-state index contributed by atoms with van der Waals surface area (Å²) in [6.07, 6.45) is 3.48. The average Bonchev–Trinajstić information content (AvgIpc) is 3.43. The summed E-state index contributed by atoms with van der Waals surface area (Å²) in [6, 6.07) is 19.4. The molecule has 0 bridgehead atoms. The predicted octanol–water partition coefficient (Wildman–Crippen LogP) is 6.13. The van der Waals surface area contributed by atoms with Crippen molar-refractivity contribution in [2.45, 2.75) is 24.1 Å². The molecule has 0 aliphatic heterocycles. The van der Waals surface area contributed by atoms with Crippen molar-refractivity contribution in [1.82, 2.24) is 19.7 Å². The number of halogens is 1. The molecule has 6 nitrogen and oxygen atoms in total. The number of thioether (sulfide) groups is 1. The van der Waals surface area contributed by atoms with Gasteiger partial charge >= 0.3 is 0 Å². The molecule has 0 radical (unpaired) electrons. The van der Waals surface area contributed by atoms with E-state index in [2.05, 4.69) is 15.1 Å². The lowest BCUT2D eigenvalue weighted by Crippen LogP contribution is -2.19. The fourth-order valence-corrected chi connectivity index (χ4v) is 5.41. The highest BCUT2D eigenvalue weighted by atomic mass is 35.5. The molecule has 170 valence electrons. The predicted molar refractivity (Wildman–Crippen MR) is 141 cm³/mol. The number of nitrogens with zero attached hydrogens (tertiary/aromatic N) is 4. The van der Waals surface area contributed by atoms with Crippen LogP contribution in [0.5, 0.6) is 0 Å². The van der Waals surface area contributed by atoms with Crippen LogP contribution < -0.4 is 5.56 Å². The number of H-pyrrole nitrogens is 1. The lowest BCUT2D eigenvalue weighted by atomic mass is 10.1. The van der Waals surface area contributed by atoms with Crippen LogP contribution in [-0.2, 0) is 12.3 Å². The molecular weight excluding hydrogens is 486 g/mol. The number of rotatable bonds is 7. The van der Waals surface area contributed by atoms with Crippen LogP contribution in [0.1, 0.15) is 23.7 Å². The molecule has 5 aromatic rings. The van der Waals surface area contributed by atoms with Gasteiger partial charge in [0.15, 0.2) is 0 Å². The molecule has 0 saturated heterocycles. The molecule has 0 fully saturated rings. The Kier molecular flexibility index (Phi) is 6.62. The van der Waals surface area contributed by atoms with Gasteiger partial charge in [0.05, 0.1) is 28.0 Å². The minimum absolute atomic E-state index is 0.151. The number of benzene rings is 2. The first kappa shape index (κ1) is 22.6. The lowest BCUT2D eigenvalue weighted by molar-refractivity contribution is 0.827. The van der Waals surface area contributed by atoms with Crippen molar-refractivity contribution in [2.24, 2.45) is 4.99 Å². The summed E-state index contributed by atoms with van der Waals surface area (Å²) in [4.78, 5) is 28.0. The molecule has 34 heavy (non-hydrogen) atoms. The van der Waals surface area contributed by atoms with Crippen molar-refractivity contribution in [1.29, 1.82) is 0 Å². The van der Waals surface area contributed by atoms with Crippen LogP contribution in [0.3, 0.4) is 0 Å². The highest BCUT2D eigenvalue weighted by Gasteiger charge is 2.20. The highest BCUT2D eigenvalue weighted by Crippen LogP contribution is 2.27. The molecule has 9 heteroatoms. The second kappa shape index (κ2) is 9.97. The number of fused-ring (bicyclic) bond motifs is 1. The molecular formula is C25H20ClN5OS2. The number of hydrogen-bond donors (Lipinski definition) is 1. The minimum Gasteiger partial charge on any atom is -0.291 e. The van der Waals surface area contributed by atoms with Gasteiger partial charge in [0.1, 0.15) is 0 Å². The first-order valence-corrected chi connectivity index (χ1v) is 12.7. The molecule has 2 aromatic carbocycles. The van der Waals surface area contributed by atoms with Crippen LogP contribution in [0.4, 0.5) is 0 Å². The Bertz CT molecular complexity index is 1490. The molecule has 3 heterocycles. The second-order valence-corrected chi connectivity index (χ2v) is 10.1. The van der Waals surface area contributed by atoms with Gasteiger partial charge in [-0.25, -0.2) is 4.98 Å². The minimum atomic E-state index is -0.151. The normalized spacial score (nSPS) is 11.9. The molecule has 3 aromatic heterocycles. The van der Waals surface area contributed by atoms with Crippen molar-refractivity contribution >= 4 is 50.6 Å². The fourth-order valence-electron chi connectivity index (χ4n) is 3.51. The van der Waals surface area contributed by atoms with Gasteiger partial charge in [0, 0.05) is 33.8 Å². The quantitative estimate of drug-likeness (QED) is 0.213. The summed E-state index contributed by atoms with van der Waals surface area (Å²) < 4.78 is 2.56. The van der Waals surface area contributed by atoms with E-state index in [1.54, 1.807) is 24.2 Å². The number of aromatic amines is 1. The van der Waals surface area contributed by atoms with Gasteiger partial charge in [-0.2, -0.15) is 4.68 Å². The van der Waals surface area contributed by atoms with E-state index in [0.717, 1.165) is 26.4 Å². The summed E-state index contributed by atoms with van der Waals surface area (Å²) in [5.41, 5.74) is 3.82. The van der Waals surface area contributed by atoms with Gasteiger partial charge < -0.3 is 0 Å². The number of pyridine rings is 1. The van der Waals surface area contributed by atoms with E-state index in [0.29, 0.717) is 33.7 Å². The maximum absolute atomic E-state index is 13.6. The van der Waals surface area contributed by atoms with Crippen molar-refractivity contribution in [3.63, 3.8) is 0 Å². The monoisotopic (exact) mass is 505 g/mol. The van der Waals surface area contributed by atoms with E-state index >= 15 is 0 Å². The first-order valence-electron chi connectivity index (χ1n) is 10.6. The largest absolute Gasteiger partial charge is 0.291 e. The number of thiazole rings is 1. The zero-order valence-corrected chi connectivity index (χ0v) is 20.6. The number of aliphatic imine (C=N–C) groups is 1. The van der Waals surface area contributed by atoms with Crippen LogP contribution >= 0.6 is 34.7 Å². The maximum Gasteiger partial charge on any atom is 0.282 e. The number of nitrogens with one attached hydrogen (secondary N) is 1. The number of aromatic nitrogens is 4. The molecule has 0 aliphatic carbocycles. The molecule has 0 amide bonds. The Labute approximate surface area is 209 Å². The number of hydrogen-bond acceptors (Lipinski definition) is 6. The zero-order chi connectivity index (χ0) is 23.5. The van der Waals surface area contributed by atoms with E-state index in [1.807, 2.05) is 67.6 Å². The van der Waals surface area contributed by atoms with Gasteiger partial charge in [-0.1, -0.05) is 35.1 Å². The first-order chi connectivity index (χ1) is 16.6. The van der Waals surface area contributed by atoms with Gasteiger partial charge in [-0.3, -0.25) is 19.9 Å². The van der Waals surface area contributed by atoms with Crippen LogP contribution in [0.15, 0.2) is 87.7 Å². The second-order valence-electron chi connectivity index (χ2n) is 7.57. The summed E-state index contributed by atoms with van der Waals surface area (Å²) in [7, 11) is 0. The Morgan fingerprint density at radius 2 is 1.88 bits per heavy atom. The van der Waals surface area contributed by atoms with Gasteiger partial charge in [-0.15, -0.1) is 11.8 Å². The SMILES string of the molecule is CC(=NCc1ccncc1)c1c(CSc2ccc(Cl)cc2)[nH]n(-c2nc3ccccc3s2)c1=O. The smallest absolute Gasteiger partial charge is 0.282 e. The summed E-state index contributed by atoms with van der Waals surface area (Å²) in [5.74, 6) is 0.576. The number of para-hydroxylation sites is 1. The maximum atomic E-state index is 13.6. The molecule has 0 atom stereocenters. The van der Waals surface area contributed by atoms with E-state index in [4.69, 9.17) is 16.6 Å².